The Kier molecular flexibility index (Phi) is 3.21. The Hall–Kier alpha value is -2.26. The van der Waals surface area contributed by atoms with Crippen LogP contribution in [0.15, 0.2) is 27.2 Å². The van der Waals surface area contributed by atoms with E-state index in [0.717, 1.165) is 19.4 Å². The summed E-state index contributed by atoms with van der Waals surface area (Å²) < 4.78 is 16.2. The molecule has 1 saturated heterocycles. The predicted octanol–water partition coefficient (Wildman–Crippen LogP) is 2.40. The molecule has 0 amide bonds. The van der Waals surface area contributed by atoms with E-state index in [2.05, 4.69) is 10.3 Å². The topological polar surface area (TPSA) is 84.2 Å². The lowest BCUT2D eigenvalue weighted by Gasteiger charge is -2.09. The van der Waals surface area contributed by atoms with Gasteiger partial charge in [-0.2, -0.15) is 10.2 Å². The van der Waals surface area contributed by atoms with Crippen LogP contribution < -0.4 is 5.32 Å². The first-order valence-corrected chi connectivity index (χ1v) is 6.17. The second kappa shape index (κ2) is 5.16. The quantitative estimate of drug-likeness (QED) is 0.907. The molecule has 0 radical (unpaired) electrons. The molecular weight excluding hydrogens is 246 g/mol. The monoisotopic (exact) mass is 259 g/mol. The predicted molar refractivity (Wildman–Crippen MR) is 66.4 cm³/mol. The minimum atomic E-state index is 0.170. The average Bonchev–Trinajstić information content (AvgIpc) is 3.16. The molecule has 0 unspecified atom stereocenters. The van der Waals surface area contributed by atoms with Crippen molar-refractivity contribution in [3.05, 3.63) is 24.1 Å². The van der Waals surface area contributed by atoms with Crippen molar-refractivity contribution >= 4 is 5.88 Å². The number of nitriles is 1. The van der Waals surface area contributed by atoms with Crippen LogP contribution in [0, 0.1) is 11.3 Å². The lowest BCUT2D eigenvalue weighted by atomic mass is 10.2. The third-order valence-corrected chi connectivity index (χ3v) is 2.98. The van der Waals surface area contributed by atoms with Crippen LogP contribution in [-0.2, 0) is 4.74 Å². The van der Waals surface area contributed by atoms with Gasteiger partial charge in [0.1, 0.15) is 6.07 Å². The molecule has 0 aliphatic carbocycles. The fraction of sp³-hybridized carbons (Fsp3) is 0.385. The van der Waals surface area contributed by atoms with Crippen LogP contribution in [0.1, 0.15) is 18.5 Å². The molecule has 98 valence electrons. The molecule has 2 aromatic rings. The van der Waals surface area contributed by atoms with Gasteiger partial charge in [0.15, 0.2) is 5.76 Å². The van der Waals surface area contributed by atoms with E-state index in [1.165, 1.54) is 6.26 Å². The highest BCUT2D eigenvalue weighted by Crippen LogP contribution is 2.26. The summed E-state index contributed by atoms with van der Waals surface area (Å²) in [6.45, 7) is 1.41. The van der Waals surface area contributed by atoms with Crippen LogP contribution in [0.4, 0.5) is 5.88 Å². The van der Waals surface area contributed by atoms with E-state index in [4.69, 9.17) is 18.8 Å². The lowest BCUT2D eigenvalue weighted by Crippen LogP contribution is -2.18. The molecule has 1 aliphatic heterocycles. The van der Waals surface area contributed by atoms with E-state index in [9.17, 15) is 0 Å². The van der Waals surface area contributed by atoms with Gasteiger partial charge in [0.2, 0.25) is 11.6 Å². The van der Waals surface area contributed by atoms with Crippen LogP contribution in [0.3, 0.4) is 0 Å². The summed E-state index contributed by atoms with van der Waals surface area (Å²) in [5.41, 5.74) is 0.226. The van der Waals surface area contributed by atoms with Crippen molar-refractivity contribution in [1.82, 2.24) is 4.98 Å². The third-order valence-electron chi connectivity index (χ3n) is 2.98. The summed E-state index contributed by atoms with van der Waals surface area (Å²) >= 11 is 0. The number of aromatic nitrogens is 1. The number of oxazole rings is 1. The summed E-state index contributed by atoms with van der Waals surface area (Å²) in [7, 11) is 0. The Morgan fingerprint density at radius 1 is 1.53 bits per heavy atom. The Morgan fingerprint density at radius 2 is 2.47 bits per heavy atom. The molecule has 3 heterocycles. The molecule has 0 aromatic carbocycles. The summed E-state index contributed by atoms with van der Waals surface area (Å²) in [6.07, 6.45) is 3.80. The molecule has 1 fully saturated rings. The first-order chi connectivity index (χ1) is 9.36. The number of furan rings is 1. The van der Waals surface area contributed by atoms with Gasteiger partial charge in [-0.3, -0.25) is 0 Å². The Bertz CT molecular complexity index is 577. The number of ether oxygens (including phenoxy) is 1. The lowest BCUT2D eigenvalue weighted by molar-refractivity contribution is 0.120. The van der Waals surface area contributed by atoms with Gasteiger partial charge >= 0.3 is 0 Å². The highest BCUT2D eigenvalue weighted by Gasteiger charge is 2.19. The van der Waals surface area contributed by atoms with E-state index >= 15 is 0 Å². The number of hydrogen-bond donors (Lipinski definition) is 1. The fourth-order valence-corrected chi connectivity index (χ4v) is 2.03. The minimum absolute atomic E-state index is 0.170. The molecule has 3 rings (SSSR count). The zero-order chi connectivity index (χ0) is 13.1. The van der Waals surface area contributed by atoms with Gasteiger partial charge in [0.25, 0.3) is 5.89 Å². The maximum absolute atomic E-state index is 9.05. The van der Waals surface area contributed by atoms with Crippen molar-refractivity contribution in [1.29, 1.82) is 5.26 Å². The second-order valence-electron chi connectivity index (χ2n) is 4.30. The fourth-order valence-electron chi connectivity index (χ4n) is 2.03. The first-order valence-electron chi connectivity index (χ1n) is 6.17. The van der Waals surface area contributed by atoms with E-state index < -0.39 is 0 Å². The third kappa shape index (κ3) is 2.46. The van der Waals surface area contributed by atoms with Crippen molar-refractivity contribution in [2.45, 2.75) is 18.9 Å². The molecule has 6 nitrogen and oxygen atoms in total. The van der Waals surface area contributed by atoms with E-state index in [1.807, 2.05) is 6.07 Å². The normalized spacial score (nSPS) is 18.4. The average molecular weight is 259 g/mol. The van der Waals surface area contributed by atoms with E-state index in [1.54, 1.807) is 12.1 Å². The van der Waals surface area contributed by atoms with Crippen molar-refractivity contribution in [2.75, 3.05) is 18.5 Å². The molecule has 0 saturated carbocycles. The molecule has 0 spiro atoms. The highest BCUT2D eigenvalue weighted by atomic mass is 16.5. The van der Waals surface area contributed by atoms with Gasteiger partial charge in [-0.15, -0.1) is 0 Å². The van der Waals surface area contributed by atoms with Gasteiger partial charge in [0, 0.05) is 13.2 Å². The Labute approximate surface area is 110 Å². The summed E-state index contributed by atoms with van der Waals surface area (Å²) in [6, 6.07) is 5.48. The Balaban J connectivity index is 1.75. The zero-order valence-electron chi connectivity index (χ0n) is 10.3. The number of anilines is 1. The van der Waals surface area contributed by atoms with Crippen LogP contribution in [0.25, 0.3) is 11.7 Å². The molecule has 1 atom stereocenters. The molecule has 1 aliphatic rings. The first kappa shape index (κ1) is 11.8. The zero-order valence-corrected chi connectivity index (χ0v) is 10.3. The van der Waals surface area contributed by atoms with E-state index in [0.29, 0.717) is 24.1 Å². The summed E-state index contributed by atoms with van der Waals surface area (Å²) in [5.74, 6) is 1.17. The van der Waals surface area contributed by atoms with Gasteiger partial charge in [0.05, 0.1) is 12.4 Å². The number of nitrogens with one attached hydrogen (secondary N) is 1. The summed E-state index contributed by atoms with van der Waals surface area (Å²) in [4.78, 5) is 4.09. The molecule has 19 heavy (non-hydrogen) atoms. The van der Waals surface area contributed by atoms with Crippen molar-refractivity contribution in [3.63, 3.8) is 0 Å². The standard InChI is InChI=1S/C13H13N3O3/c14-7-10-12(15-8-9-3-1-5-17-9)19-13(16-10)11-4-2-6-18-11/h2,4,6,9,15H,1,3,5,8H2/t9-/m1/s1. The molecule has 0 bridgehead atoms. The largest absolute Gasteiger partial charge is 0.459 e. The van der Waals surface area contributed by atoms with Gasteiger partial charge < -0.3 is 18.9 Å². The maximum atomic E-state index is 9.05. The second-order valence-corrected chi connectivity index (χ2v) is 4.30. The van der Waals surface area contributed by atoms with Crippen molar-refractivity contribution in [3.8, 4) is 17.7 Å². The van der Waals surface area contributed by atoms with E-state index in [-0.39, 0.29) is 11.8 Å². The van der Waals surface area contributed by atoms with Crippen LogP contribution in [0.5, 0.6) is 0 Å². The van der Waals surface area contributed by atoms with Crippen LogP contribution in [-0.4, -0.2) is 24.2 Å². The number of rotatable bonds is 4. The maximum Gasteiger partial charge on any atom is 0.266 e. The van der Waals surface area contributed by atoms with Gasteiger partial charge in [-0.1, -0.05) is 0 Å². The number of nitrogens with zero attached hydrogens (tertiary/aromatic N) is 2. The molecule has 1 N–H and O–H groups in total. The minimum Gasteiger partial charge on any atom is -0.459 e. The highest BCUT2D eigenvalue weighted by molar-refractivity contribution is 5.54. The summed E-state index contributed by atoms with van der Waals surface area (Å²) in [5, 5.41) is 12.1. The Morgan fingerprint density at radius 3 is 3.16 bits per heavy atom. The molecule has 6 heteroatoms. The molecular formula is C13H13N3O3. The SMILES string of the molecule is N#Cc1nc(-c2ccco2)oc1NC[C@H]1CCCO1. The molecule has 2 aromatic heterocycles. The smallest absolute Gasteiger partial charge is 0.266 e. The van der Waals surface area contributed by atoms with Gasteiger partial charge in [-0.05, 0) is 25.0 Å². The van der Waals surface area contributed by atoms with Crippen molar-refractivity contribution in [2.24, 2.45) is 0 Å². The number of hydrogen-bond acceptors (Lipinski definition) is 6. The van der Waals surface area contributed by atoms with Crippen LogP contribution in [0.2, 0.25) is 0 Å². The van der Waals surface area contributed by atoms with Crippen molar-refractivity contribution < 1.29 is 13.6 Å². The van der Waals surface area contributed by atoms with Gasteiger partial charge in [-0.25, -0.2) is 0 Å². The van der Waals surface area contributed by atoms with Crippen LogP contribution >= 0.6 is 0 Å².